The Bertz CT molecular complexity index is 1440. The summed E-state index contributed by atoms with van der Waals surface area (Å²) in [7, 11) is 1.64. The highest BCUT2D eigenvalue weighted by Gasteiger charge is 2.18. The van der Waals surface area contributed by atoms with E-state index in [1.165, 1.54) is 12.3 Å². The van der Waals surface area contributed by atoms with Crippen molar-refractivity contribution in [2.45, 2.75) is 19.5 Å². The van der Waals surface area contributed by atoms with Crippen molar-refractivity contribution in [3.8, 4) is 5.75 Å². The smallest absolute Gasteiger partial charge is 0.354 e. The molecule has 0 unspecified atom stereocenters. The Morgan fingerprint density at radius 3 is 2.53 bits per heavy atom. The Hall–Kier alpha value is -4.28. The number of hydrogen-bond donors (Lipinski definition) is 2. The highest BCUT2D eigenvalue weighted by atomic mass is 16.5. The lowest BCUT2D eigenvalue weighted by Crippen LogP contribution is -2.35. The molecule has 2 N–H and O–H groups in total. The minimum Gasteiger partial charge on any atom is -0.497 e. The number of nitrogens with one attached hydrogen (secondary N) is 1. The number of amides is 1. The van der Waals surface area contributed by atoms with Crippen LogP contribution in [0.25, 0.3) is 10.9 Å². The summed E-state index contributed by atoms with van der Waals surface area (Å²) in [6.45, 7) is 4.47. The summed E-state index contributed by atoms with van der Waals surface area (Å²) in [6.07, 6.45) is 1.49. The first-order valence-corrected chi connectivity index (χ1v) is 12.4. The fourth-order valence-corrected chi connectivity index (χ4v) is 4.53. The van der Waals surface area contributed by atoms with Gasteiger partial charge in [-0.05, 0) is 41.5 Å². The zero-order chi connectivity index (χ0) is 26.5. The van der Waals surface area contributed by atoms with Crippen LogP contribution in [0, 0.1) is 0 Å². The van der Waals surface area contributed by atoms with E-state index in [4.69, 9.17) is 19.7 Å². The minimum absolute atomic E-state index is 0.126. The predicted molar refractivity (Wildman–Crippen MR) is 141 cm³/mol. The third-order valence-corrected chi connectivity index (χ3v) is 6.49. The van der Waals surface area contributed by atoms with Gasteiger partial charge < -0.3 is 19.9 Å². The Morgan fingerprint density at radius 2 is 1.79 bits per heavy atom. The number of morpholine rings is 1. The molecule has 10 heteroatoms. The minimum atomic E-state index is -1.15. The zero-order valence-corrected chi connectivity index (χ0v) is 21.1. The summed E-state index contributed by atoms with van der Waals surface area (Å²) >= 11 is 0. The number of fused-ring (bicyclic) bond motifs is 1. The van der Waals surface area contributed by atoms with Crippen LogP contribution in [0.5, 0.6) is 5.75 Å². The Kier molecular flexibility index (Phi) is 7.62. The molecule has 1 aliphatic rings. The van der Waals surface area contributed by atoms with Gasteiger partial charge in [0.15, 0.2) is 0 Å². The van der Waals surface area contributed by atoms with Gasteiger partial charge in [0.1, 0.15) is 11.4 Å². The average Bonchev–Trinajstić information content (AvgIpc) is 3.25. The lowest BCUT2D eigenvalue weighted by molar-refractivity contribution is -0.115. The van der Waals surface area contributed by atoms with Crippen LogP contribution in [0.2, 0.25) is 0 Å². The highest BCUT2D eigenvalue weighted by molar-refractivity contribution is 5.94. The summed E-state index contributed by atoms with van der Waals surface area (Å²) in [5.74, 6) is -0.601. The molecule has 1 saturated heterocycles. The number of carboxylic acid groups (broad SMARTS) is 1. The standard InChI is InChI=1S/C28H29N5O5/c1-37-22-5-2-19(3-6-22)17-33-26-14-20(15-27(34)30-21-8-9-29-24(16-21)28(35)36)4-7-23(26)25(31-33)18-32-10-12-38-13-11-32/h2-9,14,16H,10-13,15,17-18H2,1H3,(H,35,36)(H,29,30,34). The molecule has 1 fully saturated rings. The van der Waals surface area contributed by atoms with Crippen molar-refractivity contribution in [3.05, 3.63) is 83.3 Å². The molecule has 0 spiro atoms. The van der Waals surface area contributed by atoms with Crippen molar-refractivity contribution in [2.75, 3.05) is 38.7 Å². The van der Waals surface area contributed by atoms with Crippen molar-refractivity contribution in [1.82, 2.24) is 19.7 Å². The number of carbonyl (C=O) groups excluding carboxylic acids is 1. The summed E-state index contributed by atoms with van der Waals surface area (Å²) in [6, 6.07) is 16.8. The second-order valence-electron chi connectivity index (χ2n) is 9.15. The zero-order valence-electron chi connectivity index (χ0n) is 21.1. The molecule has 3 heterocycles. The largest absolute Gasteiger partial charge is 0.497 e. The van der Waals surface area contributed by atoms with E-state index < -0.39 is 5.97 Å². The van der Waals surface area contributed by atoms with E-state index in [1.807, 2.05) is 47.1 Å². The van der Waals surface area contributed by atoms with Crippen LogP contribution in [0.15, 0.2) is 60.8 Å². The molecule has 0 radical (unpaired) electrons. The van der Waals surface area contributed by atoms with Crippen molar-refractivity contribution in [1.29, 1.82) is 0 Å². The van der Waals surface area contributed by atoms with E-state index >= 15 is 0 Å². The number of ether oxygens (including phenoxy) is 2. The number of aromatic nitrogens is 3. The molecule has 4 aromatic rings. The summed E-state index contributed by atoms with van der Waals surface area (Å²) in [5.41, 5.74) is 4.12. The van der Waals surface area contributed by atoms with Gasteiger partial charge in [0.2, 0.25) is 5.91 Å². The van der Waals surface area contributed by atoms with Crippen LogP contribution >= 0.6 is 0 Å². The van der Waals surface area contributed by atoms with E-state index in [9.17, 15) is 9.59 Å². The molecule has 1 amide bonds. The van der Waals surface area contributed by atoms with Gasteiger partial charge in [-0.3, -0.25) is 14.4 Å². The second kappa shape index (κ2) is 11.4. The predicted octanol–water partition coefficient (Wildman–Crippen LogP) is 3.20. The normalized spacial score (nSPS) is 13.9. The number of carboxylic acids is 1. The van der Waals surface area contributed by atoms with Crippen LogP contribution in [-0.4, -0.2) is 70.1 Å². The molecule has 5 rings (SSSR count). The fourth-order valence-electron chi connectivity index (χ4n) is 4.53. The first kappa shape index (κ1) is 25.4. The number of rotatable bonds is 9. The summed E-state index contributed by atoms with van der Waals surface area (Å²) in [5, 5.41) is 17.9. The molecule has 196 valence electrons. The van der Waals surface area contributed by atoms with E-state index in [2.05, 4.69) is 15.2 Å². The van der Waals surface area contributed by atoms with Crippen LogP contribution in [0.4, 0.5) is 5.69 Å². The Morgan fingerprint density at radius 1 is 1.03 bits per heavy atom. The third kappa shape index (κ3) is 5.99. The molecular formula is C28H29N5O5. The molecule has 0 saturated carbocycles. The van der Waals surface area contributed by atoms with Crippen LogP contribution in [-0.2, 0) is 29.0 Å². The number of hydrogen-bond acceptors (Lipinski definition) is 7. The van der Waals surface area contributed by atoms with Gasteiger partial charge in [0.25, 0.3) is 0 Å². The molecule has 10 nitrogen and oxygen atoms in total. The lowest BCUT2D eigenvalue weighted by Gasteiger charge is -2.25. The molecule has 38 heavy (non-hydrogen) atoms. The first-order valence-electron chi connectivity index (χ1n) is 12.4. The van der Waals surface area contributed by atoms with Gasteiger partial charge in [0.05, 0.1) is 44.5 Å². The first-order chi connectivity index (χ1) is 18.5. The maximum absolute atomic E-state index is 12.8. The second-order valence-corrected chi connectivity index (χ2v) is 9.15. The number of anilines is 1. The SMILES string of the molecule is COc1ccc(Cn2nc(CN3CCOCC3)c3ccc(CC(=O)Nc4ccnc(C(=O)O)c4)cc32)cc1. The third-order valence-electron chi connectivity index (χ3n) is 6.49. The molecule has 1 aliphatic heterocycles. The average molecular weight is 516 g/mol. The monoisotopic (exact) mass is 515 g/mol. The van der Waals surface area contributed by atoms with Crippen molar-refractivity contribution in [3.63, 3.8) is 0 Å². The number of pyridine rings is 1. The van der Waals surface area contributed by atoms with Crippen molar-refractivity contribution in [2.24, 2.45) is 0 Å². The molecule has 0 bridgehead atoms. The van der Waals surface area contributed by atoms with Crippen LogP contribution in [0.1, 0.15) is 27.3 Å². The number of nitrogens with zero attached hydrogens (tertiary/aromatic N) is 4. The summed E-state index contributed by atoms with van der Waals surface area (Å²) < 4.78 is 12.8. The number of methoxy groups -OCH3 is 1. The van der Waals surface area contributed by atoms with E-state index in [0.717, 1.165) is 66.3 Å². The summed E-state index contributed by atoms with van der Waals surface area (Å²) in [4.78, 5) is 30.1. The van der Waals surface area contributed by atoms with E-state index in [1.54, 1.807) is 13.2 Å². The molecule has 0 aliphatic carbocycles. The van der Waals surface area contributed by atoms with Gasteiger partial charge in [0, 0.05) is 36.9 Å². The van der Waals surface area contributed by atoms with Gasteiger partial charge in [-0.25, -0.2) is 9.78 Å². The van der Waals surface area contributed by atoms with Gasteiger partial charge >= 0.3 is 5.97 Å². The molecular weight excluding hydrogens is 486 g/mol. The van der Waals surface area contributed by atoms with Crippen LogP contribution < -0.4 is 10.1 Å². The Balaban J connectivity index is 1.40. The van der Waals surface area contributed by atoms with Gasteiger partial charge in [-0.15, -0.1) is 0 Å². The maximum atomic E-state index is 12.8. The van der Waals surface area contributed by atoms with Gasteiger partial charge in [-0.2, -0.15) is 5.10 Å². The fraction of sp³-hybridized carbons (Fsp3) is 0.286. The number of benzene rings is 2. The van der Waals surface area contributed by atoms with Crippen LogP contribution in [0.3, 0.4) is 0 Å². The quantitative estimate of drug-likeness (QED) is 0.349. The topological polar surface area (TPSA) is 119 Å². The molecule has 2 aromatic carbocycles. The molecule has 2 aromatic heterocycles. The van der Waals surface area contributed by atoms with Gasteiger partial charge in [-0.1, -0.05) is 24.3 Å². The highest BCUT2D eigenvalue weighted by Crippen LogP contribution is 2.24. The van der Waals surface area contributed by atoms with E-state index in [-0.39, 0.29) is 18.0 Å². The molecule has 0 atom stereocenters. The van der Waals surface area contributed by atoms with Crippen molar-refractivity contribution < 1.29 is 24.2 Å². The van der Waals surface area contributed by atoms with E-state index in [0.29, 0.717) is 12.2 Å². The Labute approximate surface area is 219 Å². The number of aromatic carboxylic acids is 1. The van der Waals surface area contributed by atoms with Crippen molar-refractivity contribution >= 4 is 28.5 Å². The maximum Gasteiger partial charge on any atom is 0.354 e. The lowest BCUT2D eigenvalue weighted by atomic mass is 10.1. The number of carbonyl (C=O) groups is 2.